The van der Waals surface area contributed by atoms with Crippen LogP contribution in [0.3, 0.4) is 0 Å². The second-order valence-corrected chi connectivity index (χ2v) is 7.75. The third-order valence-corrected chi connectivity index (χ3v) is 5.45. The molecule has 33 heavy (non-hydrogen) atoms. The Hall–Kier alpha value is -3.84. The Morgan fingerprint density at radius 1 is 1.09 bits per heavy atom. The fraction of sp³-hybridized carbons (Fsp3) is 0.160. The van der Waals surface area contributed by atoms with Crippen LogP contribution in [0, 0.1) is 6.92 Å². The summed E-state index contributed by atoms with van der Waals surface area (Å²) in [6, 6.07) is 21.3. The molecule has 1 amide bonds. The standard InChI is InChI=1S/C25H23ClN4O3/c1-17-23(25(26)30(29-17)15-18-6-5-9-21(12-18)32-2)14-27-28-24(31)16-33-22-11-10-19-7-3-4-8-20(19)13-22/h3-14H,15-16H2,1-2H3,(H,28,31)/b27-14+. The van der Waals surface area contributed by atoms with Crippen LogP contribution in [-0.2, 0) is 11.3 Å². The number of halogens is 1. The third kappa shape index (κ3) is 5.51. The van der Waals surface area contributed by atoms with Crippen LogP contribution in [-0.4, -0.2) is 35.6 Å². The van der Waals surface area contributed by atoms with E-state index < -0.39 is 0 Å². The quantitative estimate of drug-likeness (QED) is 0.307. The second-order valence-electron chi connectivity index (χ2n) is 7.39. The Balaban J connectivity index is 1.34. The van der Waals surface area contributed by atoms with Crippen LogP contribution in [0.5, 0.6) is 11.5 Å². The molecule has 1 aromatic heterocycles. The molecular weight excluding hydrogens is 440 g/mol. The van der Waals surface area contributed by atoms with Gasteiger partial charge in [0.1, 0.15) is 16.7 Å². The Kier molecular flexibility index (Phi) is 6.90. The molecule has 0 bridgehead atoms. The van der Waals surface area contributed by atoms with E-state index in [-0.39, 0.29) is 12.5 Å². The minimum Gasteiger partial charge on any atom is -0.497 e. The number of fused-ring (bicyclic) bond motifs is 1. The molecular formula is C25H23ClN4O3. The zero-order valence-electron chi connectivity index (χ0n) is 18.3. The summed E-state index contributed by atoms with van der Waals surface area (Å²) in [5, 5.41) is 11.1. The average Bonchev–Trinajstić information content (AvgIpc) is 3.10. The number of carbonyl (C=O) groups is 1. The van der Waals surface area contributed by atoms with Crippen molar-refractivity contribution in [2.24, 2.45) is 5.10 Å². The molecule has 4 aromatic rings. The minimum absolute atomic E-state index is 0.155. The first kappa shape index (κ1) is 22.4. The van der Waals surface area contributed by atoms with E-state index in [2.05, 4.69) is 15.6 Å². The Bertz CT molecular complexity index is 1320. The van der Waals surface area contributed by atoms with Gasteiger partial charge in [0.25, 0.3) is 5.91 Å². The summed E-state index contributed by atoms with van der Waals surface area (Å²) in [7, 11) is 1.62. The van der Waals surface area contributed by atoms with Gasteiger partial charge in [-0.1, -0.05) is 54.1 Å². The number of methoxy groups -OCH3 is 1. The van der Waals surface area contributed by atoms with Crippen LogP contribution < -0.4 is 14.9 Å². The van der Waals surface area contributed by atoms with Gasteiger partial charge in [-0.3, -0.25) is 4.79 Å². The van der Waals surface area contributed by atoms with E-state index >= 15 is 0 Å². The zero-order chi connectivity index (χ0) is 23.2. The molecule has 168 valence electrons. The molecule has 0 saturated carbocycles. The van der Waals surface area contributed by atoms with Gasteiger partial charge in [0, 0.05) is 0 Å². The van der Waals surface area contributed by atoms with Crippen molar-refractivity contribution in [1.29, 1.82) is 0 Å². The van der Waals surface area contributed by atoms with Gasteiger partial charge in [-0.25, -0.2) is 10.1 Å². The predicted molar refractivity (Wildman–Crippen MR) is 129 cm³/mol. The Morgan fingerprint density at radius 3 is 2.73 bits per heavy atom. The van der Waals surface area contributed by atoms with Gasteiger partial charge < -0.3 is 9.47 Å². The highest BCUT2D eigenvalue weighted by atomic mass is 35.5. The van der Waals surface area contributed by atoms with Crippen LogP contribution >= 0.6 is 11.6 Å². The number of benzene rings is 3. The SMILES string of the molecule is COc1cccc(Cn2nc(C)c(/C=N/NC(=O)COc3ccc4ccccc4c3)c2Cl)c1. The van der Waals surface area contributed by atoms with Crippen molar-refractivity contribution in [2.45, 2.75) is 13.5 Å². The summed E-state index contributed by atoms with van der Waals surface area (Å²) in [4.78, 5) is 12.1. The summed E-state index contributed by atoms with van der Waals surface area (Å²) in [5.41, 5.74) is 4.80. The number of amides is 1. The van der Waals surface area contributed by atoms with Gasteiger partial charge in [-0.2, -0.15) is 10.2 Å². The summed E-state index contributed by atoms with van der Waals surface area (Å²) in [6.07, 6.45) is 1.49. The number of carbonyl (C=O) groups excluding carboxylic acids is 1. The molecule has 0 atom stereocenters. The second kappa shape index (κ2) is 10.2. The number of nitrogens with one attached hydrogen (secondary N) is 1. The first-order valence-corrected chi connectivity index (χ1v) is 10.7. The van der Waals surface area contributed by atoms with E-state index in [1.54, 1.807) is 11.8 Å². The third-order valence-electron chi connectivity index (χ3n) is 5.05. The fourth-order valence-corrected chi connectivity index (χ4v) is 3.65. The van der Waals surface area contributed by atoms with E-state index in [9.17, 15) is 4.79 Å². The first-order chi connectivity index (χ1) is 16.0. The van der Waals surface area contributed by atoms with Gasteiger partial charge in [-0.05, 0) is 47.5 Å². The maximum atomic E-state index is 12.1. The van der Waals surface area contributed by atoms with Gasteiger partial charge in [0.15, 0.2) is 6.61 Å². The van der Waals surface area contributed by atoms with E-state index in [1.165, 1.54) is 6.21 Å². The van der Waals surface area contributed by atoms with Gasteiger partial charge in [0.2, 0.25) is 0 Å². The highest BCUT2D eigenvalue weighted by molar-refractivity contribution is 6.32. The van der Waals surface area contributed by atoms with Gasteiger partial charge in [-0.15, -0.1) is 0 Å². The van der Waals surface area contributed by atoms with Crippen LogP contribution in [0.1, 0.15) is 16.8 Å². The molecule has 4 rings (SSSR count). The fourth-order valence-electron chi connectivity index (χ4n) is 3.37. The molecule has 0 radical (unpaired) electrons. The van der Waals surface area contributed by atoms with Crippen LogP contribution in [0.4, 0.5) is 0 Å². The van der Waals surface area contributed by atoms with Crippen molar-refractivity contribution in [2.75, 3.05) is 13.7 Å². The summed E-state index contributed by atoms with van der Waals surface area (Å²) >= 11 is 6.50. The first-order valence-electron chi connectivity index (χ1n) is 10.3. The molecule has 3 aromatic carbocycles. The Morgan fingerprint density at radius 2 is 1.91 bits per heavy atom. The smallest absolute Gasteiger partial charge is 0.277 e. The summed E-state index contributed by atoms with van der Waals surface area (Å²) in [6.45, 7) is 2.16. The van der Waals surface area contributed by atoms with E-state index in [1.807, 2.05) is 73.7 Å². The molecule has 8 heteroatoms. The minimum atomic E-state index is -0.378. The van der Waals surface area contributed by atoms with E-state index in [0.29, 0.717) is 28.7 Å². The zero-order valence-corrected chi connectivity index (χ0v) is 19.0. The predicted octanol–water partition coefficient (Wildman–Crippen LogP) is 4.58. The largest absolute Gasteiger partial charge is 0.497 e. The molecule has 0 saturated heterocycles. The average molecular weight is 463 g/mol. The molecule has 0 unspecified atom stereocenters. The van der Waals surface area contributed by atoms with Crippen molar-refractivity contribution < 1.29 is 14.3 Å². The van der Waals surface area contributed by atoms with Crippen LogP contribution in [0.25, 0.3) is 10.8 Å². The Labute approximate surface area is 196 Å². The highest BCUT2D eigenvalue weighted by Gasteiger charge is 2.12. The van der Waals surface area contributed by atoms with Gasteiger partial charge in [0.05, 0.1) is 31.1 Å². The summed E-state index contributed by atoms with van der Waals surface area (Å²) < 4.78 is 12.5. The topological polar surface area (TPSA) is 77.7 Å². The lowest BCUT2D eigenvalue weighted by Crippen LogP contribution is -2.24. The van der Waals surface area contributed by atoms with Crippen LogP contribution in [0.2, 0.25) is 5.15 Å². The van der Waals surface area contributed by atoms with Crippen molar-refractivity contribution in [1.82, 2.24) is 15.2 Å². The maximum absolute atomic E-state index is 12.1. The van der Waals surface area contributed by atoms with Crippen LogP contribution in [0.15, 0.2) is 71.8 Å². The number of ether oxygens (including phenoxy) is 2. The number of hydrogen-bond acceptors (Lipinski definition) is 5. The molecule has 0 aliphatic heterocycles. The molecule has 0 aliphatic carbocycles. The lowest BCUT2D eigenvalue weighted by atomic mass is 10.1. The number of rotatable bonds is 8. The number of aryl methyl sites for hydroxylation is 1. The lowest BCUT2D eigenvalue weighted by molar-refractivity contribution is -0.123. The molecule has 1 N–H and O–H groups in total. The van der Waals surface area contributed by atoms with Crippen molar-refractivity contribution in [3.05, 3.63) is 88.7 Å². The van der Waals surface area contributed by atoms with E-state index in [0.717, 1.165) is 22.1 Å². The van der Waals surface area contributed by atoms with Crippen molar-refractivity contribution in [3.63, 3.8) is 0 Å². The number of hydrazone groups is 1. The monoisotopic (exact) mass is 462 g/mol. The molecule has 1 heterocycles. The summed E-state index contributed by atoms with van der Waals surface area (Å²) in [5.74, 6) is 1.01. The molecule has 0 spiro atoms. The maximum Gasteiger partial charge on any atom is 0.277 e. The van der Waals surface area contributed by atoms with E-state index in [4.69, 9.17) is 21.1 Å². The lowest BCUT2D eigenvalue weighted by Gasteiger charge is -2.06. The molecule has 0 fully saturated rings. The molecule has 0 aliphatic rings. The highest BCUT2D eigenvalue weighted by Crippen LogP contribution is 2.21. The molecule has 7 nitrogen and oxygen atoms in total. The number of aromatic nitrogens is 2. The number of nitrogens with zero attached hydrogens (tertiary/aromatic N) is 3. The van der Waals surface area contributed by atoms with Crippen molar-refractivity contribution >= 4 is 34.5 Å². The van der Waals surface area contributed by atoms with Gasteiger partial charge >= 0.3 is 0 Å². The van der Waals surface area contributed by atoms with Crippen molar-refractivity contribution in [3.8, 4) is 11.5 Å². The number of hydrogen-bond donors (Lipinski definition) is 1. The normalized spacial score (nSPS) is 11.1.